The summed E-state index contributed by atoms with van der Waals surface area (Å²) in [5.41, 5.74) is -0.818. The summed E-state index contributed by atoms with van der Waals surface area (Å²) in [7, 11) is 0. The van der Waals surface area contributed by atoms with E-state index in [0.717, 1.165) is 6.42 Å². The molecule has 0 spiro atoms. The summed E-state index contributed by atoms with van der Waals surface area (Å²) in [5.74, 6) is -0.832. The fourth-order valence-electron chi connectivity index (χ4n) is 3.50. The zero-order valence-electron chi connectivity index (χ0n) is 17.6. The molecule has 0 bridgehead atoms. The molecule has 2 fully saturated rings. The highest BCUT2D eigenvalue weighted by Crippen LogP contribution is 2.46. The molecule has 0 aliphatic carbocycles. The van der Waals surface area contributed by atoms with E-state index in [2.05, 4.69) is 6.92 Å². The third-order valence-electron chi connectivity index (χ3n) is 5.29. The molecule has 27 heavy (non-hydrogen) atoms. The van der Waals surface area contributed by atoms with Gasteiger partial charge in [0.15, 0.2) is 5.79 Å². The summed E-state index contributed by atoms with van der Waals surface area (Å²) < 4.78 is 23.9. The molecule has 6 nitrogen and oxygen atoms in total. The van der Waals surface area contributed by atoms with Crippen molar-refractivity contribution in [2.45, 2.75) is 84.9 Å². The monoisotopic (exact) mass is 384 g/mol. The number of esters is 1. The number of aliphatic hydroxyl groups excluding tert-OH is 1. The van der Waals surface area contributed by atoms with E-state index in [9.17, 15) is 4.79 Å². The van der Waals surface area contributed by atoms with E-state index in [-0.39, 0.29) is 36.3 Å². The summed E-state index contributed by atoms with van der Waals surface area (Å²) in [6.07, 6.45) is 5.61. The second-order valence-corrected chi connectivity index (χ2v) is 9.31. The third-order valence-corrected chi connectivity index (χ3v) is 5.29. The molecule has 2 rings (SSSR count). The Labute approximate surface area is 163 Å². The first-order valence-electron chi connectivity index (χ1n) is 9.90. The maximum absolute atomic E-state index is 12.0. The summed E-state index contributed by atoms with van der Waals surface area (Å²) >= 11 is 0. The first-order valence-corrected chi connectivity index (χ1v) is 9.90. The molecule has 0 aromatic heterocycles. The zero-order valence-corrected chi connectivity index (χ0v) is 17.6. The van der Waals surface area contributed by atoms with E-state index < -0.39 is 11.2 Å². The van der Waals surface area contributed by atoms with Crippen LogP contribution in [0, 0.1) is 10.8 Å². The Bertz CT molecular complexity index is 535. The predicted octanol–water partition coefficient (Wildman–Crippen LogP) is 3.22. The maximum atomic E-state index is 12.0. The van der Waals surface area contributed by atoms with Crippen molar-refractivity contribution in [2.24, 2.45) is 10.8 Å². The lowest BCUT2D eigenvalue weighted by Crippen LogP contribution is -2.61. The van der Waals surface area contributed by atoms with Crippen molar-refractivity contribution in [3.63, 3.8) is 0 Å². The minimum absolute atomic E-state index is 0.0119. The first kappa shape index (κ1) is 22.3. The van der Waals surface area contributed by atoms with Crippen molar-refractivity contribution in [1.82, 2.24) is 0 Å². The van der Waals surface area contributed by atoms with Gasteiger partial charge in [0.25, 0.3) is 0 Å². The summed E-state index contributed by atoms with van der Waals surface area (Å²) in [5, 5.41) is 9.00. The minimum atomic E-state index is -0.621. The molecule has 2 heterocycles. The van der Waals surface area contributed by atoms with E-state index in [4.69, 9.17) is 24.1 Å². The van der Waals surface area contributed by atoms with Crippen LogP contribution in [0.3, 0.4) is 0 Å². The minimum Gasteiger partial charge on any atom is -0.465 e. The topological polar surface area (TPSA) is 74.2 Å². The van der Waals surface area contributed by atoms with E-state index >= 15 is 0 Å². The van der Waals surface area contributed by atoms with Crippen molar-refractivity contribution in [2.75, 3.05) is 19.8 Å². The molecule has 156 valence electrons. The zero-order chi connectivity index (χ0) is 20.3. The van der Waals surface area contributed by atoms with Crippen LogP contribution in [0.15, 0.2) is 12.2 Å². The lowest BCUT2D eigenvalue weighted by Gasteiger charge is -2.54. The van der Waals surface area contributed by atoms with Gasteiger partial charge in [0.05, 0.1) is 36.9 Å². The second-order valence-electron chi connectivity index (χ2n) is 9.31. The molecule has 4 atom stereocenters. The molecule has 0 unspecified atom stereocenters. The Balaban J connectivity index is 2.07. The average molecular weight is 385 g/mol. The predicted molar refractivity (Wildman–Crippen MR) is 102 cm³/mol. The van der Waals surface area contributed by atoms with E-state index in [1.54, 1.807) is 0 Å². The number of carbonyl (C=O) groups excluding carboxylic acids is 1. The second kappa shape index (κ2) is 8.60. The molecule has 0 aromatic rings. The van der Waals surface area contributed by atoms with E-state index in [0.29, 0.717) is 26.1 Å². The molecule has 0 saturated carbocycles. The van der Waals surface area contributed by atoms with Crippen LogP contribution in [-0.4, -0.2) is 55.0 Å². The van der Waals surface area contributed by atoms with Crippen LogP contribution in [0.5, 0.6) is 0 Å². The van der Waals surface area contributed by atoms with E-state index in [1.807, 2.05) is 46.8 Å². The highest BCUT2D eigenvalue weighted by molar-refractivity contribution is 5.75. The van der Waals surface area contributed by atoms with Gasteiger partial charge >= 0.3 is 5.97 Å². The summed E-state index contributed by atoms with van der Waals surface area (Å²) in [6.45, 7) is 12.5. The highest BCUT2D eigenvalue weighted by Gasteiger charge is 2.53. The number of aliphatic hydroxyl groups is 1. The summed E-state index contributed by atoms with van der Waals surface area (Å²) in [4.78, 5) is 12.0. The Morgan fingerprint density at radius 3 is 2.63 bits per heavy atom. The fourth-order valence-corrected chi connectivity index (χ4v) is 3.50. The van der Waals surface area contributed by atoms with Gasteiger partial charge < -0.3 is 24.1 Å². The number of hydrogen-bond donors (Lipinski definition) is 1. The number of hydrogen-bond acceptors (Lipinski definition) is 6. The third kappa shape index (κ3) is 5.76. The van der Waals surface area contributed by atoms with Gasteiger partial charge in [-0.15, -0.1) is 0 Å². The molecule has 0 radical (unpaired) electrons. The van der Waals surface area contributed by atoms with Crippen LogP contribution in [-0.2, 0) is 23.7 Å². The quantitative estimate of drug-likeness (QED) is 0.560. The smallest absolute Gasteiger partial charge is 0.311 e. The standard InChI is InChI=1S/C21H36O6/c1-19(2,3)18(23)24-12-10-16-21(6)14-25-20(4,5)27-17(21)13-15(26-16)9-7-8-11-22/h7,9,15-17,22H,8,10-14H2,1-6H3/b9-7+/t15-,16+,17-,21+/m1/s1. The molecule has 2 saturated heterocycles. The molecule has 6 heteroatoms. The van der Waals surface area contributed by atoms with Crippen molar-refractivity contribution in [1.29, 1.82) is 0 Å². The van der Waals surface area contributed by atoms with Gasteiger partial charge in [-0.05, 0) is 41.0 Å². The maximum Gasteiger partial charge on any atom is 0.311 e. The van der Waals surface area contributed by atoms with E-state index in [1.165, 1.54) is 0 Å². The van der Waals surface area contributed by atoms with Crippen LogP contribution < -0.4 is 0 Å². The van der Waals surface area contributed by atoms with Gasteiger partial charge in [0.1, 0.15) is 0 Å². The van der Waals surface area contributed by atoms with Gasteiger partial charge in [0.2, 0.25) is 0 Å². The molecule has 1 N–H and O–H groups in total. The SMILES string of the molecule is CC1(C)OC[C@@]2(C)[C@H](CCOC(=O)C(C)(C)C)O[C@H](/C=C/CCO)C[C@H]2O1. The number of carbonyl (C=O) groups is 1. The lowest BCUT2D eigenvalue weighted by molar-refractivity contribution is -0.351. The van der Waals surface area contributed by atoms with Gasteiger partial charge in [-0.2, -0.15) is 0 Å². The molecular formula is C21H36O6. The number of rotatable bonds is 6. The molecule has 0 amide bonds. The number of ether oxygens (including phenoxy) is 4. The largest absolute Gasteiger partial charge is 0.465 e. The van der Waals surface area contributed by atoms with Crippen LogP contribution in [0.4, 0.5) is 0 Å². The summed E-state index contributed by atoms with van der Waals surface area (Å²) in [6, 6.07) is 0. The Hall–Kier alpha value is -0.950. The first-order chi connectivity index (χ1) is 12.5. The highest BCUT2D eigenvalue weighted by atomic mass is 16.7. The van der Waals surface area contributed by atoms with Crippen LogP contribution >= 0.6 is 0 Å². The fraction of sp³-hybridized carbons (Fsp3) is 0.857. The van der Waals surface area contributed by atoms with Crippen molar-refractivity contribution in [3.05, 3.63) is 12.2 Å². The van der Waals surface area contributed by atoms with Crippen LogP contribution in [0.25, 0.3) is 0 Å². The van der Waals surface area contributed by atoms with Crippen LogP contribution in [0.2, 0.25) is 0 Å². The number of fused-ring (bicyclic) bond motifs is 1. The average Bonchev–Trinajstić information content (AvgIpc) is 2.55. The normalized spacial score (nSPS) is 33.7. The Morgan fingerprint density at radius 1 is 1.30 bits per heavy atom. The van der Waals surface area contributed by atoms with Crippen molar-refractivity contribution in [3.8, 4) is 0 Å². The Kier molecular flexibility index (Phi) is 7.11. The Morgan fingerprint density at radius 2 is 2.00 bits per heavy atom. The molecule has 2 aliphatic heterocycles. The molecular weight excluding hydrogens is 348 g/mol. The van der Waals surface area contributed by atoms with Crippen molar-refractivity contribution < 1.29 is 28.8 Å². The van der Waals surface area contributed by atoms with Gasteiger partial charge in [-0.1, -0.05) is 19.1 Å². The van der Waals surface area contributed by atoms with Crippen LogP contribution in [0.1, 0.15) is 60.8 Å². The van der Waals surface area contributed by atoms with Gasteiger partial charge in [0, 0.05) is 24.9 Å². The van der Waals surface area contributed by atoms with Crippen molar-refractivity contribution >= 4 is 5.97 Å². The lowest BCUT2D eigenvalue weighted by atomic mass is 9.73. The molecule has 0 aromatic carbocycles. The van der Waals surface area contributed by atoms with Gasteiger partial charge in [-0.25, -0.2) is 0 Å². The van der Waals surface area contributed by atoms with Gasteiger partial charge in [-0.3, -0.25) is 4.79 Å². The molecule has 2 aliphatic rings.